The van der Waals surface area contributed by atoms with Gasteiger partial charge in [-0.3, -0.25) is 0 Å². The Morgan fingerprint density at radius 2 is 1.09 bits per heavy atom. The molecular weight excluding hydrogens is 409 g/mol. The fourth-order valence-electron chi connectivity index (χ4n) is 3.79. The van der Waals surface area contributed by atoms with Gasteiger partial charge in [0.2, 0.25) is 0 Å². The van der Waals surface area contributed by atoms with Crippen molar-refractivity contribution >= 4 is 11.0 Å². The molecule has 32 heavy (non-hydrogen) atoms. The van der Waals surface area contributed by atoms with E-state index in [9.17, 15) is 13.2 Å². The summed E-state index contributed by atoms with van der Waals surface area (Å²) in [6.45, 7) is 2.05. The van der Waals surface area contributed by atoms with Crippen molar-refractivity contribution < 1.29 is 13.2 Å². The third-order valence-electron chi connectivity index (χ3n) is 5.56. The van der Waals surface area contributed by atoms with Crippen molar-refractivity contribution in [2.24, 2.45) is 0 Å². The summed E-state index contributed by atoms with van der Waals surface area (Å²) in [4.78, 5) is 8.04. The molecular formula is C27H19F3N2. The molecule has 0 saturated heterocycles. The number of hydrogen-bond donors (Lipinski definition) is 1. The number of benzene rings is 4. The maximum absolute atomic E-state index is 12.8. The first-order chi connectivity index (χ1) is 15.4. The molecule has 0 bridgehead atoms. The number of aryl methyl sites for hydroxylation is 1. The highest BCUT2D eigenvalue weighted by Crippen LogP contribution is 2.32. The summed E-state index contributed by atoms with van der Waals surface area (Å²) < 4.78 is 38.3. The molecule has 0 fully saturated rings. The zero-order valence-corrected chi connectivity index (χ0v) is 17.2. The summed E-state index contributed by atoms with van der Waals surface area (Å²) in [5.41, 5.74) is 7.21. The van der Waals surface area contributed by atoms with Crippen LogP contribution in [0.3, 0.4) is 0 Å². The van der Waals surface area contributed by atoms with Crippen molar-refractivity contribution in [3.8, 4) is 33.6 Å². The van der Waals surface area contributed by atoms with Crippen molar-refractivity contribution in [3.05, 3.63) is 102 Å². The summed E-state index contributed by atoms with van der Waals surface area (Å²) in [6, 6.07) is 27.3. The number of hydrogen-bond acceptors (Lipinski definition) is 1. The van der Waals surface area contributed by atoms with Gasteiger partial charge in [-0.15, -0.1) is 0 Å². The molecule has 1 heterocycles. The highest BCUT2D eigenvalue weighted by atomic mass is 19.4. The molecule has 4 aromatic carbocycles. The zero-order chi connectivity index (χ0) is 22.3. The summed E-state index contributed by atoms with van der Waals surface area (Å²) in [6.07, 6.45) is -4.32. The van der Waals surface area contributed by atoms with Crippen LogP contribution in [0, 0.1) is 6.92 Å². The lowest BCUT2D eigenvalue weighted by Gasteiger charge is -2.09. The second kappa shape index (κ2) is 7.68. The number of alkyl halides is 3. The summed E-state index contributed by atoms with van der Waals surface area (Å²) in [5, 5.41) is 0. The van der Waals surface area contributed by atoms with Crippen LogP contribution in [0.15, 0.2) is 91.0 Å². The Morgan fingerprint density at radius 1 is 0.625 bits per heavy atom. The minimum absolute atomic E-state index is 0.641. The standard InChI is InChI=1S/C27H19F3N2/c1-17-2-15-24-25(16-17)32-26(31-24)22-9-7-20(8-10-22)18-3-5-19(6-4-18)21-11-13-23(14-12-21)27(28,29)30/h2-16H,1H3,(H,31,32). The Kier molecular flexibility index (Phi) is 4.82. The third kappa shape index (κ3) is 3.89. The van der Waals surface area contributed by atoms with Crippen LogP contribution < -0.4 is 0 Å². The number of halogens is 3. The van der Waals surface area contributed by atoms with E-state index in [0.717, 1.165) is 56.8 Å². The second-order valence-electron chi connectivity index (χ2n) is 7.84. The first-order valence-corrected chi connectivity index (χ1v) is 10.2. The van der Waals surface area contributed by atoms with Gasteiger partial charge >= 0.3 is 6.18 Å². The Hall–Kier alpha value is -3.86. The van der Waals surface area contributed by atoms with Gasteiger partial charge in [-0.2, -0.15) is 13.2 Å². The fourth-order valence-corrected chi connectivity index (χ4v) is 3.79. The number of nitrogens with one attached hydrogen (secondary N) is 1. The maximum Gasteiger partial charge on any atom is 0.416 e. The number of rotatable bonds is 3. The van der Waals surface area contributed by atoms with Crippen molar-refractivity contribution in [1.29, 1.82) is 0 Å². The third-order valence-corrected chi connectivity index (χ3v) is 5.56. The Labute approximate surface area is 183 Å². The van der Waals surface area contributed by atoms with Gasteiger partial charge in [0.1, 0.15) is 5.82 Å². The molecule has 1 N–H and O–H groups in total. The predicted octanol–water partition coefficient (Wildman–Crippen LogP) is 7.89. The molecule has 158 valence electrons. The van der Waals surface area contributed by atoms with E-state index in [4.69, 9.17) is 0 Å². The Morgan fingerprint density at radius 3 is 1.59 bits per heavy atom. The van der Waals surface area contributed by atoms with Gasteiger partial charge in [0, 0.05) is 5.56 Å². The number of aromatic nitrogens is 2. The van der Waals surface area contributed by atoms with Crippen molar-refractivity contribution in [3.63, 3.8) is 0 Å². The lowest BCUT2D eigenvalue weighted by molar-refractivity contribution is -0.137. The molecule has 0 amide bonds. The molecule has 0 aliphatic carbocycles. The van der Waals surface area contributed by atoms with Crippen LogP contribution in [-0.2, 0) is 6.18 Å². The maximum atomic E-state index is 12.8. The molecule has 0 aliphatic rings. The first-order valence-electron chi connectivity index (χ1n) is 10.2. The minimum Gasteiger partial charge on any atom is -0.338 e. The van der Waals surface area contributed by atoms with Crippen LogP contribution in [0.5, 0.6) is 0 Å². The Bertz CT molecular complexity index is 1380. The van der Waals surface area contributed by atoms with Crippen molar-refractivity contribution in [2.75, 3.05) is 0 Å². The van der Waals surface area contributed by atoms with Gasteiger partial charge in [0.05, 0.1) is 16.6 Å². The van der Waals surface area contributed by atoms with E-state index in [2.05, 4.69) is 23.0 Å². The largest absolute Gasteiger partial charge is 0.416 e. The topological polar surface area (TPSA) is 28.7 Å². The molecule has 0 atom stereocenters. The van der Waals surface area contributed by atoms with E-state index >= 15 is 0 Å². The molecule has 5 aromatic rings. The SMILES string of the molecule is Cc1ccc2nc(-c3ccc(-c4ccc(-c5ccc(C(F)(F)F)cc5)cc4)cc3)[nH]c2c1. The van der Waals surface area contributed by atoms with E-state index in [0.29, 0.717) is 0 Å². The average Bonchev–Trinajstić information content (AvgIpc) is 3.22. The van der Waals surface area contributed by atoms with Gasteiger partial charge < -0.3 is 4.98 Å². The minimum atomic E-state index is -4.32. The van der Waals surface area contributed by atoms with Gasteiger partial charge in [-0.1, -0.05) is 66.7 Å². The van der Waals surface area contributed by atoms with E-state index in [1.54, 1.807) is 0 Å². The molecule has 0 saturated carbocycles. The van der Waals surface area contributed by atoms with E-state index in [1.807, 2.05) is 60.7 Å². The molecule has 0 aliphatic heterocycles. The van der Waals surface area contributed by atoms with Gasteiger partial charge in [-0.25, -0.2) is 4.98 Å². The quantitative estimate of drug-likeness (QED) is 0.311. The normalized spacial score (nSPS) is 11.8. The van der Waals surface area contributed by atoms with E-state index in [1.165, 1.54) is 17.7 Å². The van der Waals surface area contributed by atoms with Gasteiger partial charge in [-0.05, 0) is 59.0 Å². The monoisotopic (exact) mass is 428 g/mol. The van der Waals surface area contributed by atoms with Crippen molar-refractivity contribution in [1.82, 2.24) is 9.97 Å². The average molecular weight is 428 g/mol. The van der Waals surface area contributed by atoms with Crippen LogP contribution in [0.4, 0.5) is 13.2 Å². The number of H-pyrrole nitrogens is 1. The summed E-state index contributed by atoms with van der Waals surface area (Å²) in [7, 11) is 0. The highest BCUT2D eigenvalue weighted by molar-refractivity contribution is 5.80. The molecule has 1 aromatic heterocycles. The van der Waals surface area contributed by atoms with Crippen LogP contribution in [0.25, 0.3) is 44.7 Å². The number of imidazole rings is 1. The number of aromatic amines is 1. The van der Waals surface area contributed by atoms with E-state index < -0.39 is 11.7 Å². The lowest BCUT2D eigenvalue weighted by atomic mass is 9.99. The fraction of sp³-hybridized carbons (Fsp3) is 0.0741. The van der Waals surface area contributed by atoms with Crippen LogP contribution in [0.2, 0.25) is 0 Å². The molecule has 0 unspecified atom stereocenters. The molecule has 5 heteroatoms. The smallest absolute Gasteiger partial charge is 0.338 e. The zero-order valence-electron chi connectivity index (χ0n) is 17.2. The van der Waals surface area contributed by atoms with Crippen molar-refractivity contribution in [2.45, 2.75) is 13.1 Å². The van der Waals surface area contributed by atoms with Gasteiger partial charge in [0.15, 0.2) is 0 Å². The molecule has 5 rings (SSSR count). The molecule has 0 spiro atoms. The van der Waals surface area contributed by atoms with Gasteiger partial charge in [0.25, 0.3) is 0 Å². The second-order valence-corrected chi connectivity index (χ2v) is 7.84. The molecule has 0 radical (unpaired) electrons. The summed E-state index contributed by atoms with van der Waals surface area (Å²) in [5.74, 6) is 0.829. The number of nitrogens with zero attached hydrogens (tertiary/aromatic N) is 1. The van der Waals surface area contributed by atoms with Crippen LogP contribution >= 0.6 is 0 Å². The number of fused-ring (bicyclic) bond motifs is 1. The predicted molar refractivity (Wildman–Crippen MR) is 122 cm³/mol. The lowest BCUT2D eigenvalue weighted by Crippen LogP contribution is -2.03. The van der Waals surface area contributed by atoms with Crippen LogP contribution in [-0.4, -0.2) is 9.97 Å². The molecule has 2 nitrogen and oxygen atoms in total. The Balaban J connectivity index is 1.37. The highest BCUT2D eigenvalue weighted by Gasteiger charge is 2.29. The van der Waals surface area contributed by atoms with Crippen LogP contribution in [0.1, 0.15) is 11.1 Å². The first kappa shape index (κ1) is 20.1. The van der Waals surface area contributed by atoms with E-state index in [-0.39, 0.29) is 0 Å². The summed E-state index contributed by atoms with van der Waals surface area (Å²) >= 11 is 0.